The highest BCUT2D eigenvalue weighted by molar-refractivity contribution is 5.89. The molecule has 3 fully saturated rings. The van der Waals surface area contributed by atoms with Crippen molar-refractivity contribution in [2.24, 2.45) is 5.92 Å². The van der Waals surface area contributed by atoms with Crippen LogP contribution in [0.4, 0.5) is 0 Å². The summed E-state index contributed by atoms with van der Waals surface area (Å²) in [4.78, 5) is 42.3. The molecule has 2 aliphatic heterocycles. The number of fused-ring (bicyclic) bond motifs is 1. The fraction of sp³-hybridized carbons (Fsp3) is 0.719. The minimum absolute atomic E-state index is 0.00170. The van der Waals surface area contributed by atoms with Gasteiger partial charge >= 0.3 is 11.9 Å². The fourth-order valence-electron chi connectivity index (χ4n) is 7.39. The molecule has 0 bridgehead atoms. The van der Waals surface area contributed by atoms with Gasteiger partial charge in [0.05, 0.1) is 12.6 Å². The first kappa shape index (κ1) is 31.4. The second-order valence-corrected chi connectivity index (χ2v) is 13.4. The van der Waals surface area contributed by atoms with E-state index in [1.807, 2.05) is 58.0 Å². The molecule has 3 aliphatic rings. The van der Waals surface area contributed by atoms with Gasteiger partial charge in [-0.1, -0.05) is 36.8 Å². The third-order valence-electron chi connectivity index (χ3n) is 9.21. The van der Waals surface area contributed by atoms with Gasteiger partial charge in [-0.3, -0.25) is 14.9 Å². The van der Waals surface area contributed by atoms with E-state index < -0.39 is 29.2 Å². The van der Waals surface area contributed by atoms with Crippen molar-refractivity contribution in [3.63, 3.8) is 0 Å². The number of carbonyl (C=O) groups excluding carboxylic acids is 3. The third-order valence-corrected chi connectivity index (χ3v) is 9.21. The van der Waals surface area contributed by atoms with Crippen LogP contribution in [0.2, 0.25) is 0 Å². The van der Waals surface area contributed by atoms with Crippen LogP contribution >= 0.6 is 0 Å². The van der Waals surface area contributed by atoms with Gasteiger partial charge < -0.3 is 19.6 Å². The Bertz CT molecular complexity index is 1060. The van der Waals surface area contributed by atoms with E-state index >= 15 is 0 Å². The van der Waals surface area contributed by atoms with Gasteiger partial charge in [-0.25, -0.2) is 4.79 Å². The normalized spacial score (nSPS) is 27.2. The lowest BCUT2D eigenvalue weighted by molar-refractivity contribution is -0.260. The molecule has 1 aromatic rings. The molecule has 5 atom stereocenters. The van der Waals surface area contributed by atoms with Gasteiger partial charge in [0.15, 0.2) is 0 Å². The van der Waals surface area contributed by atoms with Crippen LogP contribution in [-0.2, 0) is 30.3 Å². The molecule has 0 unspecified atom stereocenters. The Kier molecular flexibility index (Phi) is 9.81. The van der Waals surface area contributed by atoms with Gasteiger partial charge in [0.2, 0.25) is 5.91 Å². The molecule has 1 saturated carbocycles. The average Bonchev–Trinajstić information content (AvgIpc) is 3.51. The Morgan fingerprint density at radius 1 is 1.07 bits per heavy atom. The maximum atomic E-state index is 14.0. The summed E-state index contributed by atoms with van der Waals surface area (Å²) >= 11 is 0. The second-order valence-electron chi connectivity index (χ2n) is 13.4. The summed E-state index contributed by atoms with van der Waals surface area (Å²) < 4.78 is 11.4. The lowest BCUT2D eigenvalue weighted by Crippen LogP contribution is -2.61. The number of nitrogens with one attached hydrogen (secondary N) is 1. The van der Waals surface area contributed by atoms with Crippen molar-refractivity contribution in [1.82, 2.24) is 15.3 Å². The Hall–Kier alpha value is -2.49. The molecule has 2 saturated heterocycles. The molecule has 2 heterocycles. The number of benzene rings is 1. The lowest BCUT2D eigenvalue weighted by Gasteiger charge is -2.51. The number of hydrogen-bond donors (Lipinski definition) is 2. The molecule has 0 aromatic heterocycles. The number of ether oxygens (including phenoxy) is 2. The van der Waals surface area contributed by atoms with Gasteiger partial charge in [-0.15, -0.1) is 0 Å². The van der Waals surface area contributed by atoms with E-state index in [1.165, 1.54) is 5.06 Å². The summed E-state index contributed by atoms with van der Waals surface area (Å²) in [5.74, 6) is -0.648. The molecule has 2 N–H and O–H groups in total. The molecule has 4 rings (SSSR count). The van der Waals surface area contributed by atoms with Crippen LogP contribution in [0.15, 0.2) is 30.3 Å². The number of hydroxylamine groups is 2. The van der Waals surface area contributed by atoms with E-state index in [0.717, 1.165) is 24.8 Å². The lowest BCUT2D eigenvalue weighted by atomic mass is 9.80. The Labute approximate surface area is 244 Å². The highest BCUT2D eigenvalue weighted by Crippen LogP contribution is 2.43. The molecule has 1 aromatic carbocycles. The van der Waals surface area contributed by atoms with Crippen LogP contribution in [0, 0.1) is 5.92 Å². The zero-order valence-electron chi connectivity index (χ0n) is 25.6. The topological polar surface area (TPSA) is 108 Å². The molecule has 228 valence electrons. The van der Waals surface area contributed by atoms with Crippen molar-refractivity contribution in [3.05, 3.63) is 35.9 Å². The van der Waals surface area contributed by atoms with E-state index in [1.54, 1.807) is 18.7 Å². The fourth-order valence-corrected chi connectivity index (χ4v) is 7.39. The van der Waals surface area contributed by atoms with Gasteiger partial charge in [-0.2, -0.15) is 5.06 Å². The second kappa shape index (κ2) is 12.8. The summed E-state index contributed by atoms with van der Waals surface area (Å²) in [7, 11) is 0. The summed E-state index contributed by atoms with van der Waals surface area (Å²) in [6.07, 6.45) is 5.31. The Morgan fingerprint density at radius 3 is 2.37 bits per heavy atom. The zero-order valence-corrected chi connectivity index (χ0v) is 25.6. The van der Waals surface area contributed by atoms with Crippen molar-refractivity contribution in [1.29, 1.82) is 0 Å². The molecule has 0 spiro atoms. The highest BCUT2D eigenvalue weighted by Gasteiger charge is 2.52. The monoisotopic (exact) mass is 571 g/mol. The predicted octanol–water partition coefficient (Wildman–Crippen LogP) is 4.25. The van der Waals surface area contributed by atoms with Crippen molar-refractivity contribution < 1.29 is 29.1 Å². The van der Waals surface area contributed by atoms with Gasteiger partial charge in [0.1, 0.15) is 18.2 Å². The number of esters is 2. The first-order valence-corrected chi connectivity index (χ1v) is 15.3. The van der Waals surface area contributed by atoms with Crippen LogP contribution in [0.3, 0.4) is 0 Å². The standard InChI is InChI=1S/C32H49N3O6/c1-7-40-29(37)25(17-16-22-12-9-8-10-13-22)33-21(2)28(36)34-26-15-11-14-23(26)18-27(34)30(38)41-24-19-31(3,4)35(39)32(5,6)20-24/h8-10,12-13,21,23-27,33,39H,7,11,14-20H2,1-6H3/t21-,23-,25-,26-,27-/m0/s1. The zero-order chi connectivity index (χ0) is 29.9. The van der Waals surface area contributed by atoms with Crippen molar-refractivity contribution in [2.45, 2.75) is 134 Å². The maximum absolute atomic E-state index is 14.0. The van der Waals surface area contributed by atoms with Gasteiger partial charge in [-0.05, 0) is 85.1 Å². The summed E-state index contributed by atoms with van der Waals surface area (Å²) in [5.41, 5.74) is 0.0146. The van der Waals surface area contributed by atoms with Crippen molar-refractivity contribution >= 4 is 17.8 Å². The summed E-state index contributed by atoms with van der Waals surface area (Å²) in [6.45, 7) is 11.6. The third kappa shape index (κ3) is 7.12. The number of carbonyl (C=O) groups is 3. The number of piperidine rings is 1. The van der Waals surface area contributed by atoms with Gasteiger partial charge in [0.25, 0.3) is 0 Å². The molecule has 0 radical (unpaired) electrons. The quantitative estimate of drug-likeness (QED) is 0.401. The SMILES string of the molecule is CCOC(=O)[C@H](CCc1ccccc1)N[C@@H](C)C(=O)N1[C@H](C(=O)OC2CC(C)(C)N(O)C(C)(C)C2)C[C@@H]2CCC[C@@H]21. The van der Waals surface area contributed by atoms with E-state index in [0.29, 0.717) is 32.1 Å². The van der Waals surface area contributed by atoms with E-state index in [-0.39, 0.29) is 42.5 Å². The number of nitrogens with zero attached hydrogens (tertiary/aromatic N) is 2. The number of hydrogen-bond acceptors (Lipinski definition) is 8. The van der Waals surface area contributed by atoms with Crippen LogP contribution in [0.1, 0.15) is 92.1 Å². The molecule has 9 nitrogen and oxygen atoms in total. The first-order chi connectivity index (χ1) is 19.3. The molecule has 1 amide bonds. The van der Waals surface area contributed by atoms with E-state index in [9.17, 15) is 19.6 Å². The summed E-state index contributed by atoms with van der Waals surface area (Å²) in [5, 5.41) is 15.3. The van der Waals surface area contributed by atoms with Crippen LogP contribution < -0.4 is 5.32 Å². The number of amides is 1. The largest absolute Gasteiger partial charge is 0.465 e. The minimum Gasteiger partial charge on any atom is -0.465 e. The van der Waals surface area contributed by atoms with Crippen molar-refractivity contribution in [2.75, 3.05) is 6.61 Å². The van der Waals surface area contributed by atoms with Gasteiger partial charge in [0, 0.05) is 30.0 Å². The predicted molar refractivity (Wildman–Crippen MR) is 155 cm³/mol. The Morgan fingerprint density at radius 2 is 1.73 bits per heavy atom. The number of rotatable bonds is 10. The number of likely N-dealkylation sites (tertiary alicyclic amines) is 1. The molecule has 9 heteroatoms. The molecule has 1 aliphatic carbocycles. The highest BCUT2D eigenvalue weighted by atomic mass is 16.6. The molecular formula is C32H49N3O6. The van der Waals surface area contributed by atoms with E-state index in [4.69, 9.17) is 9.47 Å². The first-order valence-electron chi connectivity index (χ1n) is 15.3. The van der Waals surface area contributed by atoms with E-state index in [2.05, 4.69) is 5.32 Å². The maximum Gasteiger partial charge on any atom is 0.329 e. The number of aryl methyl sites for hydroxylation is 1. The summed E-state index contributed by atoms with van der Waals surface area (Å²) in [6, 6.07) is 7.96. The average molecular weight is 572 g/mol. The van der Waals surface area contributed by atoms with Crippen molar-refractivity contribution in [3.8, 4) is 0 Å². The van der Waals surface area contributed by atoms with Crippen LogP contribution in [-0.4, -0.2) is 81.0 Å². The minimum atomic E-state index is -0.676. The molecule has 41 heavy (non-hydrogen) atoms. The van der Waals surface area contributed by atoms with Crippen LogP contribution in [0.25, 0.3) is 0 Å². The smallest absolute Gasteiger partial charge is 0.329 e. The Balaban J connectivity index is 1.46. The van der Waals surface area contributed by atoms with Crippen LogP contribution in [0.5, 0.6) is 0 Å². The molecular weight excluding hydrogens is 522 g/mol.